The molecule has 20 heavy (non-hydrogen) atoms. The van der Waals surface area contributed by atoms with Gasteiger partial charge in [0.05, 0.1) is 12.7 Å². The normalized spacial score (nSPS) is 11.9. The van der Waals surface area contributed by atoms with E-state index in [-0.39, 0.29) is 5.97 Å². The highest BCUT2D eigenvalue weighted by atomic mass is 16.5. The first kappa shape index (κ1) is 14.3. The van der Waals surface area contributed by atoms with Crippen LogP contribution < -0.4 is 0 Å². The van der Waals surface area contributed by atoms with Crippen LogP contribution in [0, 0.1) is 6.92 Å². The minimum Gasteiger partial charge on any atom is -0.465 e. The minimum absolute atomic E-state index is 0.292. The number of hydrogen-bond donors (Lipinski definition) is 0. The zero-order valence-electron chi connectivity index (χ0n) is 12.2. The first-order valence-corrected chi connectivity index (χ1v) is 6.90. The average molecular weight is 268 g/mol. The van der Waals surface area contributed by atoms with Crippen molar-refractivity contribution >= 4 is 5.97 Å². The van der Waals surface area contributed by atoms with Crippen LogP contribution in [0.1, 0.15) is 46.3 Å². The SMILES string of the molecule is CCC(c1ccc(C)cc1)c1ccc(C(=O)OC)cc1. The number of esters is 1. The lowest BCUT2D eigenvalue weighted by atomic mass is 9.88. The van der Waals surface area contributed by atoms with Crippen LogP contribution in [0.4, 0.5) is 0 Å². The maximum absolute atomic E-state index is 11.4. The Bertz CT molecular complexity index is 567. The molecule has 0 amide bonds. The van der Waals surface area contributed by atoms with Gasteiger partial charge >= 0.3 is 5.97 Å². The smallest absolute Gasteiger partial charge is 0.337 e. The molecule has 1 atom stereocenters. The molecule has 2 heteroatoms. The highest BCUT2D eigenvalue weighted by molar-refractivity contribution is 5.89. The Morgan fingerprint density at radius 2 is 1.50 bits per heavy atom. The van der Waals surface area contributed by atoms with Gasteiger partial charge in [0.25, 0.3) is 0 Å². The van der Waals surface area contributed by atoms with Crippen molar-refractivity contribution in [3.05, 3.63) is 70.8 Å². The Hall–Kier alpha value is -2.09. The topological polar surface area (TPSA) is 26.3 Å². The number of carbonyl (C=O) groups is 1. The zero-order chi connectivity index (χ0) is 14.5. The second kappa shape index (κ2) is 6.38. The number of hydrogen-bond acceptors (Lipinski definition) is 2. The van der Waals surface area contributed by atoms with E-state index in [2.05, 4.69) is 38.1 Å². The largest absolute Gasteiger partial charge is 0.465 e. The third kappa shape index (κ3) is 3.08. The molecule has 2 aromatic carbocycles. The average Bonchev–Trinajstić information content (AvgIpc) is 2.50. The fraction of sp³-hybridized carbons (Fsp3) is 0.278. The van der Waals surface area contributed by atoms with Crippen LogP contribution in [-0.2, 0) is 4.74 Å². The number of benzene rings is 2. The molecule has 0 aliphatic carbocycles. The molecule has 0 saturated heterocycles. The third-order valence-electron chi connectivity index (χ3n) is 3.62. The van der Waals surface area contributed by atoms with Crippen LogP contribution in [0.3, 0.4) is 0 Å². The first-order valence-electron chi connectivity index (χ1n) is 6.90. The Balaban J connectivity index is 2.28. The van der Waals surface area contributed by atoms with E-state index in [1.807, 2.05) is 24.3 Å². The standard InChI is InChI=1S/C18H20O2/c1-4-17(14-7-5-13(2)6-8-14)15-9-11-16(12-10-15)18(19)20-3/h5-12,17H,4H2,1-3H3. The molecule has 0 N–H and O–H groups in total. The van der Waals surface area contributed by atoms with Gasteiger partial charge in [-0.05, 0) is 36.6 Å². The number of aryl methyl sites for hydroxylation is 1. The molecule has 2 rings (SSSR count). The number of rotatable bonds is 4. The molecule has 2 nitrogen and oxygen atoms in total. The van der Waals surface area contributed by atoms with Crippen LogP contribution in [0.25, 0.3) is 0 Å². The van der Waals surface area contributed by atoms with Crippen LogP contribution in [0.2, 0.25) is 0 Å². The van der Waals surface area contributed by atoms with Gasteiger partial charge in [-0.3, -0.25) is 0 Å². The monoisotopic (exact) mass is 268 g/mol. The summed E-state index contributed by atoms with van der Waals surface area (Å²) in [4.78, 5) is 11.4. The van der Waals surface area contributed by atoms with Crippen molar-refractivity contribution in [1.82, 2.24) is 0 Å². The third-order valence-corrected chi connectivity index (χ3v) is 3.62. The van der Waals surface area contributed by atoms with Gasteiger partial charge in [-0.15, -0.1) is 0 Å². The van der Waals surface area contributed by atoms with Gasteiger partial charge in [-0.1, -0.05) is 48.9 Å². The second-order valence-electron chi connectivity index (χ2n) is 4.99. The lowest BCUT2D eigenvalue weighted by molar-refractivity contribution is 0.0600. The molecule has 0 heterocycles. The summed E-state index contributed by atoms with van der Waals surface area (Å²) in [5, 5.41) is 0. The maximum Gasteiger partial charge on any atom is 0.337 e. The molecular formula is C18H20O2. The molecule has 0 bridgehead atoms. The van der Waals surface area contributed by atoms with E-state index in [1.54, 1.807) is 0 Å². The lowest BCUT2D eigenvalue weighted by Gasteiger charge is -2.16. The lowest BCUT2D eigenvalue weighted by Crippen LogP contribution is -2.03. The van der Waals surface area contributed by atoms with Crippen LogP contribution >= 0.6 is 0 Å². The molecule has 0 saturated carbocycles. The number of ether oxygens (including phenoxy) is 1. The summed E-state index contributed by atoms with van der Waals surface area (Å²) >= 11 is 0. The Labute approximate surface area is 120 Å². The van der Waals surface area contributed by atoms with E-state index in [1.165, 1.54) is 23.8 Å². The van der Waals surface area contributed by atoms with Crippen molar-refractivity contribution in [2.45, 2.75) is 26.2 Å². The van der Waals surface area contributed by atoms with Crippen molar-refractivity contribution in [2.24, 2.45) is 0 Å². The van der Waals surface area contributed by atoms with E-state index >= 15 is 0 Å². The Kier molecular flexibility index (Phi) is 4.57. The zero-order valence-corrected chi connectivity index (χ0v) is 12.2. The van der Waals surface area contributed by atoms with E-state index in [0.717, 1.165) is 6.42 Å². The Morgan fingerprint density at radius 1 is 1.00 bits per heavy atom. The predicted octanol–water partition coefficient (Wildman–Crippen LogP) is 4.32. The van der Waals surface area contributed by atoms with Gasteiger partial charge in [-0.25, -0.2) is 4.79 Å². The fourth-order valence-corrected chi connectivity index (χ4v) is 2.43. The minimum atomic E-state index is -0.292. The molecular weight excluding hydrogens is 248 g/mol. The van der Waals surface area contributed by atoms with Gasteiger partial charge in [0, 0.05) is 5.92 Å². The molecule has 0 aliphatic heterocycles. The van der Waals surface area contributed by atoms with Crippen molar-refractivity contribution in [3.8, 4) is 0 Å². The van der Waals surface area contributed by atoms with E-state index < -0.39 is 0 Å². The summed E-state index contributed by atoms with van der Waals surface area (Å²) in [6, 6.07) is 16.3. The summed E-state index contributed by atoms with van der Waals surface area (Å²) in [5.41, 5.74) is 4.40. The van der Waals surface area contributed by atoms with Gasteiger partial charge < -0.3 is 4.74 Å². The highest BCUT2D eigenvalue weighted by Crippen LogP contribution is 2.28. The van der Waals surface area contributed by atoms with Crippen molar-refractivity contribution in [1.29, 1.82) is 0 Å². The summed E-state index contributed by atoms with van der Waals surface area (Å²) in [6.45, 7) is 4.27. The number of methoxy groups -OCH3 is 1. The van der Waals surface area contributed by atoms with Crippen molar-refractivity contribution < 1.29 is 9.53 Å². The molecule has 0 aliphatic rings. The predicted molar refractivity (Wildman–Crippen MR) is 81.1 cm³/mol. The van der Waals surface area contributed by atoms with E-state index in [9.17, 15) is 4.79 Å². The van der Waals surface area contributed by atoms with Crippen LogP contribution in [0.5, 0.6) is 0 Å². The van der Waals surface area contributed by atoms with E-state index in [4.69, 9.17) is 4.74 Å². The molecule has 2 aromatic rings. The van der Waals surface area contributed by atoms with Gasteiger partial charge in [-0.2, -0.15) is 0 Å². The quantitative estimate of drug-likeness (QED) is 0.772. The summed E-state index contributed by atoms with van der Waals surface area (Å²) in [6.07, 6.45) is 1.03. The molecule has 0 fully saturated rings. The van der Waals surface area contributed by atoms with Crippen molar-refractivity contribution in [3.63, 3.8) is 0 Å². The maximum atomic E-state index is 11.4. The highest BCUT2D eigenvalue weighted by Gasteiger charge is 2.13. The molecule has 1 unspecified atom stereocenters. The van der Waals surface area contributed by atoms with Crippen LogP contribution in [0.15, 0.2) is 48.5 Å². The molecule has 104 valence electrons. The fourth-order valence-electron chi connectivity index (χ4n) is 2.43. The van der Waals surface area contributed by atoms with Gasteiger partial charge in [0.1, 0.15) is 0 Å². The number of carbonyl (C=O) groups excluding carboxylic acids is 1. The molecule has 0 aromatic heterocycles. The summed E-state index contributed by atoms with van der Waals surface area (Å²) in [5.74, 6) is 0.0715. The summed E-state index contributed by atoms with van der Waals surface area (Å²) < 4.78 is 4.72. The summed E-state index contributed by atoms with van der Waals surface area (Å²) in [7, 11) is 1.40. The van der Waals surface area contributed by atoms with Gasteiger partial charge in [0.15, 0.2) is 0 Å². The van der Waals surface area contributed by atoms with Gasteiger partial charge in [0.2, 0.25) is 0 Å². The Morgan fingerprint density at radius 3 is 1.95 bits per heavy atom. The first-order chi connectivity index (χ1) is 9.65. The molecule has 0 spiro atoms. The second-order valence-corrected chi connectivity index (χ2v) is 4.99. The van der Waals surface area contributed by atoms with Crippen LogP contribution in [-0.4, -0.2) is 13.1 Å². The van der Waals surface area contributed by atoms with E-state index in [0.29, 0.717) is 11.5 Å². The molecule has 0 radical (unpaired) electrons. The van der Waals surface area contributed by atoms with Crippen molar-refractivity contribution in [2.75, 3.05) is 7.11 Å².